The fourth-order valence-electron chi connectivity index (χ4n) is 3.63. The number of hydrogen-bond acceptors (Lipinski definition) is 7. The second kappa shape index (κ2) is 11.2. The summed E-state index contributed by atoms with van der Waals surface area (Å²) in [6.45, 7) is 0. The summed E-state index contributed by atoms with van der Waals surface area (Å²) in [5.74, 6) is -0.172. The number of fused-ring (bicyclic) bond motifs is 1. The molecule has 4 rings (SSSR count). The van der Waals surface area contributed by atoms with Crippen molar-refractivity contribution in [3.05, 3.63) is 102 Å². The van der Waals surface area contributed by atoms with Crippen LogP contribution in [-0.2, 0) is 4.79 Å². The molecule has 0 spiro atoms. The summed E-state index contributed by atoms with van der Waals surface area (Å²) in [4.78, 5) is 25.3. The van der Waals surface area contributed by atoms with Crippen LogP contribution in [0.3, 0.4) is 0 Å². The van der Waals surface area contributed by atoms with E-state index in [4.69, 9.17) is 14.2 Å². The van der Waals surface area contributed by atoms with Crippen molar-refractivity contribution in [2.75, 3.05) is 14.2 Å². The summed E-state index contributed by atoms with van der Waals surface area (Å²) in [6, 6.07) is 24.2. The SMILES string of the molecule is COc1ccc(C(=O)Oc2ccc3ccccc3c2/C=N\NC(=O)[C@@H](O)c2ccccc2)cc1OC. The fourth-order valence-corrected chi connectivity index (χ4v) is 3.63. The molecular weight excluding hydrogens is 460 g/mol. The number of ether oxygens (including phenoxy) is 3. The molecule has 1 amide bonds. The van der Waals surface area contributed by atoms with Gasteiger partial charge < -0.3 is 19.3 Å². The second-order valence-corrected chi connectivity index (χ2v) is 7.71. The summed E-state index contributed by atoms with van der Waals surface area (Å²) in [7, 11) is 2.99. The zero-order chi connectivity index (χ0) is 25.5. The number of aliphatic hydroxyl groups excluding tert-OH is 1. The van der Waals surface area contributed by atoms with Crippen molar-refractivity contribution in [3.8, 4) is 17.2 Å². The van der Waals surface area contributed by atoms with Gasteiger partial charge in [-0.25, -0.2) is 10.2 Å². The van der Waals surface area contributed by atoms with Crippen molar-refractivity contribution in [2.45, 2.75) is 6.10 Å². The monoisotopic (exact) mass is 484 g/mol. The molecule has 0 saturated heterocycles. The van der Waals surface area contributed by atoms with Gasteiger partial charge in [0.15, 0.2) is 17.6 Å². The van der Waals surface area contributed by atoms with Crippen LogP contribution in [-0.4, -0.2) is 37.4 Å². The van der Waals surface area contributed by atoms with Gasteiger partial charge in [-0.05, 0) is 40.6 Å². The first-order valence-electron chi connectivity index (χ1n) is 11.0. The molecule has 8 nitrogen and oxygen atoms in total. The number of carbonyl (C=O) groups is 2. The number of amides is 1. The van der Waals surface area contributed by atoms with Crippen LogP contribution in [0.15, 0.2) is 90.0 Å². The Bertz CT molecular complexity index is 1420. The molecule has 0 heterocycles. The van der Waals surface area contributed by atoms with Crippen molar-refractivity contribution in [1.29, 1.82) is 0 Å². The number of hydrazone groups is 1. The van der Waals surface area contributed by atoms with E-state index in [0.717, 1.165) is 10.8 Å². The van der Waals surface area contributed by atoms with E-state index in [1.54, 1.807) is 48.5 Å². The molecule has 0 aromatic heterocycles. The normalized spacial score (nSPS) is 11.8. The summed E-state index contributed by atoms with van der Waals surface area (Å²) in [5.41, 5.74) is 3.54. The van der Waals surface area contributed by atoms with Gasteiger partial charge in [0.05, 0.1) is 26.0 Å². The highest BCUT2D eigenvalue weighted by Gasteiger charge is 2.18. The van der Waals surface area contributed by atoms with E-state index in [9.17, 15) is 14.7 Å². The quantitative estimate of drug-likeness (QED) is 0.168. The van der Waals surface area contributed by atoms with E-state index in [2.05, 4.69) is 10.5 Å². The minimum Gasteiger partial charge on any atom is -0.493 e. The maximum Gasteiger partial charge on any atom is 0.343 e. The number of aliphatic hydroxyl groups is 1. The topological polar surface area (TPSA) is 106 Å². The molecule has 4 aromatic carbocycles. The molecule has 8 heteroatoms. The van der Waals surface area contributed by atoms with Crippen LogP contribution in [0.2, 0.25) is 0 Å². The molecule has 0 aliphatic rings. The zero-order valence-electron chi connectivity index (χ0n) is 19.7. The Hall–Kier alpha value is -4.69. The maximum absolute atomic E-state index is 12.9. The molecule has 182 valence electrons. The Kier molecular flexibility index (Phi) is 7.57. The summed E-state index contributed by atoms with van der Waals surface area (Å²) < 4.78 is 16.2. The predicted octanol–water partition coefficient (Wildman–Crippen LogP) is 4.26. The standard InChI is InChI=1S/C28H24N2O6/c1-34-24-15-13-20(16-25(24)35-2)28(33)36-23-14-12-18-8-6-7-11-21(18)22(23)17-29-30-27(32)26(31)19-9-4-3-5-10-19/h3-17,26,31H,1-2H3,(H,30,32)/b29-17-/t26-/m0/s1. The first kappa shape index (κ1) is 24.4. The number of nitrogens with one attached hydrogen (secondary N) is 1. The average Bonchev–Trinajstić information content (AvgIpc) is 2.93. The molecule has 0 bridgehead atoms. The van der Waals surface area contributed by atoms with Crippen molar-refractivity contribution < 1.29 is 28.9 Å². The molecule has 0 fully saturated rings. The summed E-state index contributed by atoms with van der Waals surface area (Å²) in [5, 5.41) is 15.9. The molecule has 2 N–H and O–H groups in total. The van der Waals surface area contributed by atoms with Crippen LogP contribution in [0, 0.1) is 0 Å². The number of rotatable bonds is 8. The minimum absolute atomic E-state index is 0.245. The van der Waals surface area contributed by atoms with Crippen molar-refractivity contribution in [3.63, 3.8) is 0 Å². The van der Waals surface area contributed by atoms with Crippen molar-refractivity contribution in [1.82, 2.24) is 5.43 Å². The third kappa shape index (κ3) is 5.34. The van der Waals surface area contributed by atoms with E-state index >= 15 is 0 Å². The maximum atomic E-state index is 12.9. The highest BCUT2D eigenvalue weighted by molar-refractivity contribution is 6.04. The Morgan fingerprint density at radius 1 is 0.861 bits per heavy atom. The fraction of sp³-hybridized carbons (Fsp3) is 0.107. The van der Waals surface area contributed by atoms with Gasteiger partial charge in [-0.2, -0.15) is 5.10 Å². The first-order valence-corrected chi connectivity index (χ1v) is 11.0. The Labute approximate surface area is 207 Å². The number of esters is 1. The third-order valence-corrected chi connectivity index (χ3v) is 5.48. The van der Waals surface area contributed by atoms with Gasteiger partial charge in [-0.1, -0.05) is 60.7 Å². The molecule has 0 radical (unpaired) electrons. The van der Waals surface area contributed by atoms with Gasteiger partial charge in [0, 0.05) is 5.56 Å². The predicted molar refractivity (Wildman–Crippen MR) is 136 cm³/mol. The highest BCUT2D eigenvalue weighted by atomic mass is 16.5. The molecule has 0 aliphatic heterocycles. The van der Waals surface area contributed by atoms with Gasteiger partial charge in [0.1, 0.15) is 5.75 Å². The lowest BCUT2D eigenvalue weighted by Crippen LogP contribution is -2.25. The number of hydrogen-bond donors (Lipinski definition) is 2. The smallest absolute Gasteiger partial charge is 0.343 e. The van der Waals surface area contributed by atoms with E-state index in [1.165, 1.54) is 26.5 Å². The van der Waals surface area contributed by atoms with E-state index < -0.39 is 18.0 Å². The van der Waals surface area contributed by atoms with Gasteiger partial charge in [0.2, 0.25) is 0 Å². The number of methoxy groups -OCH3 is 2. The lowest BCUT2D eigenvalue weighted by Gasteiger charge is -2.12. The van der Waals surface area contributed by atoms with Crippen LogP contribution in [0.4, 0.5) is 0 Å². The Morgan fingerprint density at radius 3 is 2.31 bits per heavy atom. The van der Waals surface area contributed by atoms with Crippen LogP contribution < -0.4 is 19.6 Å². The Balaban J connectivity index is 1.60. The second-order valence-electron chi connectivity index (χ2n) is 7.71. The molecule has 4 aromatic rings. The van der Waals surface area contributed by atoms with Crippen molar-refractivity contribution in [2.24, 2.45) is 5.10 Å². The average molecular weight is 485 g/mol. The van der Waals surface area contributed by atoms with Crippen LogP contribution in [0.25, 0.3) is 10.8 Å². The van der Waals surface area contributed by atoms with Gasteiger partial charge in [0.25, 0.3) is 5.91 Å². The number of nitrogens with zero attached hydrogens (tertiary/aromatic N) is 1. The minimum atomic E-state index is -1.38. The van der Waals surface area contributed by atoms with E-state index in [1.807, 2.05) is 30.3 Å². The summed E-state index contributed by atoms with van der Waals surface area (Å²) >= 11 is 0. The molecular formula is C28H24N2O6. The van der Waals surface area contributed by atoms with Gasteiger partial charge in [-0.3, -0.25) is 4.79 Å². The van der Waals surface area contributed by atoms with Gasteiger partial charge in [-0.15, -0.1) is 0 Å². The van der Waals surface area contributed by atoms with Gasteiger partial charge >= 0.3 is 5.97 Å². The first-order chi connectivity index (χ1) is 17.5. The van der Waals surface area contributed by atoms with Crippen molar-refractivity contribution >= 4 is 28.9 Å². The Morgan fingerprint density at radius 2 is 1.56 bits per heavy atom. The lowest BCUT2D eigenvalue weighted by atomic mass is 10.0. The summed E-state index contributed by atoms with van der Waals surface area (Å²) in [6.07, 6.45) is 0.00744. The highest BCUT2D eigenvalue weighted by Crippen LogP contribution is 2.30. The van der Waals surface area contributed by atoms with E-state index in [0.29, 0.717) is 22.6 Å². The largest absolute Gasteiger partial charge is 0.493 e. The van der Waals surface area contributed by atoms with Crippen LogP contribution >= 0.6 is 0 Å². The lowest BCUT2D eigenvalue weighted by molar-refractivity contribution is -0.129. The zero-order valence-corrected chi connectivity index (χ0v) is 19.7. The van der Waals surface area contributed by atoms with Crippen LogP contribution in [0.1, 0.15) is 27.6 Å². The molecule has 0 saturated carbocycles. The molecule has 1 atom stereocenters. The van der Waals surface area contributed by atoms with Crippen LogP contribution in [0.5, 0.6) is 17.2 Å². The molecule has 0 aliphatic carbocycles. The van der Waals surface area contributed by atoms with E-state index in [-0.39, 0.29) is 11.3 Å². The molecule has 36 heavy (non-hydrogen) atoms. The molecule has 0 unspecified atom stereocenters. The third-order valence-electron chi connectivity index (χ3n) is 5.48. The number of carbonyl (C=O) groups excluding carboxylic acids is 2. The number of benzene rings is 4.